The molecule has 5 heteroatoms. The Bertz CT molecular complexity index is 605. The number of ether oxygens (including phenoxy) is 2. The molecule has 0 heterocycles. The molecular formula is C16H19ClN2O2. The molecule has 0 aliphatic carbocycles. The number of benzene rings is 2. The normalized spacial score (nSPS) is 11.8. The van der Waals surface area contributed by atoms with E-state index >= 15 is 0 Å². The van der Waals surface area contributed by atoms with E-state index < -0.39 is 0 Å². The first-order valence-corrected chi connectivity index (χ1v) is 7.00. The zero-order valence-electron chi connectivity index (χ0n) is 12.1. The van der Waals surface area contributed by atoms with Gasteiger partial charge in [-0.3, -0.25) is 0 Å². The van der Waals surface area contributed by atoms with Crippen LogP contribution in [0.1, 0.15) is 11.6 Å². The van der Waals surface area contributed by atoms with E-state index in [1.54, 1.807) is 14.2 Å². The Labute approximate surface area is 129 Å². The van der Waals surface area contributed by atoms with E-state index in [2.05, 4.69) is 5.32 Å². The number of nitrogens with one attached hydrogen (secondary N) is 1. The maximum absolute atomic E-state index is 6.01. The van der Waals surface area contributed by atoms with Gasteiger partial charge in [-0.05, 0) is 24.3 Å². The molecule has 1 unspecified atom stereocenters. The highest BCUT2D eigenvalue weighted by Gasteiger charge is 2.18. The van der Waals surface area contributed by atoms with Crippen LogP contribution in [0.3, 0.4) is 0 Å². The third kappa shape index (κ3) is 3.60. The quantitative estimate of drug-likeness (QED) is 0.858. The average molecular weight is 307 g/mol. The SMILES string of the molecule is COc1cccc(C(CN)Nc2cccc(Cl)c2)c1OC. The smallest absolute Gasteiger partial charge is 0.166 e. The summed E-state index contributed by atoms with van der Waals surface area (Å²) < 4.78 is 10.8. The van der Waals surface area contributed by atoms with Crippen LogP contribution < -0.4 is 20.5 Å². The highest BCUT2D eigenvalue weighted by atomic mass is 35.5. The van der Waals surface area contributed by atoms with Gasteiger partial charge in [-0.2, -0.15) is 0 Å². The molecule has 0 spiro atoms. The van der Waals surface area contributed by atoms with Crippen LogP contribution in [0, 0.1) is 0 Å². The van der Waals surface area contributed by atoms with Crippen molar-refractivity contribution in [1.82, 2.24) is 0 Å². The van der Waals surface area contributed by atoms with Gasteiger partial charge >= 0.3 is 0 Å². The van der Waals surface area contributed by atoms with Crippen LogP contribution in [0.25, 0.3) is 0 Å². The van der Waals surface area contributed by atoms with Crippen molar-refractivity contribution in [3.8, 4) is 11.5 Å². The molecule has 0 saturated carbocycles. The molecule has 0 bridgehead atoms. The van der Waals surface area contributed by atoms with E-state index in [0.29, 0.717) is 23.1 Å². The molecular weight excluding hydrogens is 288 g/mol. The van der Waals surface area contributed by atoms with Crippen molar-refractivity contribution in [3.05, 3.63) is 53.1 Å². The average Bonchev–Trinajstić information content (AvgIpc) is 2.51. The predicted octanol–water partition coefficient (Wildman–Crippen LogP) is 3.47. The molecule has 0 aliphatic rings. The summed E-state index contributed by atoms with van der Waals surface area (Å²) in [6, 6.07) is 13.2. The second-order valence-corrected chi connectivity index (χ2v) is 4.96. The number of para-hydroxylation sites is 1. The molecule has 1 atom stereocenters. The zero-order valence-corrected chi connectivity index (χ0v) is 12.9. The fourth-order valence-corrected chi connectivity index (χ4v) is 2.42. The van der Waals surface area contributed by atoms with Crippen molar-refractivity contribution in [2.45, 2.75) is 6.04 Å². The lowest BCUT2D eigenvalue weighted by molar-refractivity contribution is 0.350. The monoisotopic (exact) mass is 306 g/mol. The Hall–Kier alpha value is -1.91. The number of anilines is 1. The van der Waals surface area contributed by atoms with Gasteiger partial charge in [0.2, 0.25) is 0 Å². The summed E-state index contributed by atoms with van der Waals surface area (Å²) in [5.41, 5.74) is 7.76. The number of methoxy groups -OCH3 is 2. The van der Waals surface area contributed by atoms with E-state index in [0.717, 1.165) is 11.3 Å². The predicted molar refractivity (Wildman–Crippen MR) is 86.4 cm³/mol. The molecule has 0 aliphatic heterocycles. The molecule has 0 radical (unpaired) electrons. The van der Waals surface area contributed by atoms with E-state index in [9.17, 15) is 0 Å². The first kappa shape index (κ1) is 15.5. The molecule has 2 rings (SSSR count). The fraction of sp³-hybridized carbons (Fsp3) is 0.250. The Balaban J connectivity index is 2.33. The summed E-state index contributed by atoms with van der Waals surface area (Å²) in [5.74, 6) is 1.37. The van der Waals surface area contributed by atoms with E-state index in [4.69, 9.17) is 26.8 Å². The molecule has 112 valence electrons. The summed E-state index contributed by atoms with van der Waals surface area (Å²) in [6.45, 7) is 0.413. The van der Waals surface area contributed by atoms with Crippen LogP contribution in [0.5, 0.6) is 11.5 Å². The standard InChI is InChI=1S/C16H19ClN2O2/c1-20-15-8-4-7-13(16(15)21-2)14(10-18)19-12-6-3-5-11(17)9-12/h3-9,14,19H,10,18H2,1-2H3. The molecule has 4 nitrogen and oxygen atoms in total. The minimum absolute atomic E-state index is 0.103. The van der Waals surface area contributed by atoms with Crippen molar-refractivity contribution in [2.75, 3.05) is 26.1 Å². The Kier molecular flexibility index (Phi) is 5.31. The van der Waals surface area contributed by atoms with E-state index in [1.165, 1.54) is 0 Å². The fourth-order valence-electron chi connectivity index (χ4n) is 2.23. The van der Waals surface area contributed by atoms with Gasteiger partial charge in [-0.25, -0.2) is 0 Å². The van der Waals surface area contributed by atoms with Gasteiger partial charge in [0.15, 0.2) is 11.5 Å². The van der Waals surface area contributed by atoms with Crippen LogP contribution in [-0.2, 0) is 0 Å². The lowest BCUT2D eigenvalue weighted by atomic mass is 10.0. The third-order valence-corrected chi connectivity index (χ3v) is 3.45. The number of hydrogen-bond donors (Lipinski definition) is 2. The second-order valence-electron chi connectivity index (χ2n) is 4.53. The van der Waals surface area contributed by atoms with Crippen molar-refractivity contribution < 1.29 is 9.47 Å². The van der Waals surface area contributed by atoms with Crippen molar-refractivity contribution in [2.24, 2.45) is 5.73 Å². The van der Waals surface area contributed by atoms with Crippen molar-refractivity contribution in [1.29, 1.82) is 0 Å². The molecule has 0 aromatic heterocycles. The van der Waals surface area contributed by atoms with Crippen molar-refractivity contribution >= 4 is 17.3 Å². The first-order valence-electron chi connectivity index (χ1n) is 6.62. The number of hydrogen-bond acceptors (Lipinski definition) is 4. The largest absolute Gasteiger partial charge is 0.493 e. The van der Waals surface area contributed by atoms with Gasteiger partial charge in [0.25, 0.3) is 0 Å². The summed E-state index contributed by atoms with van der Waals surface area (Å²) in [4.78, 5) is 0. The van der Waals surface area contributed by atoms with Crippen molar-refractivity contribution in [3.63, 3.8) is 0 Å². The Morgan fingerprint density at radius 3 is 2.52 bits per heavy atom. The summed E-state index contributed by atoms with van der Waals surface area (Å²) >= 11 is 6.01. The molecule has 21 heavy (non-hydrogen) atoms. The summed E-state index contributed by atoms with van der Waals surface area (Å²) in [7, 11) is 3.23. The maximum Gasteiger partial charge on any atom is 0.166 e. The van der Waals surface area contributed by atoms with Crippen LogP contribution in [0.4, 0.5) is 5.69 Å². The highest BCUT2D eigenvalue weighted by molar-refractivity contribution is 6.30. The van der Waals surface area contributed by atoms with Crippen LogP contribution in [0.15, 0.2) is 42.5 Å². The molecule has 2 aromatic carbocycles. The first-order chi connectivity index (χ1) is 10.2. The minimum Gasteiger partial charge on any atom is -0.493 e. The summed E-state index contributed by atoms with van der Waals surface area (Å²) in [6.07, 6.45) is 0. The van der Waals surface area contributed by atoms with E-state index in [1.807, 2.05) is 42.5 Å². The number of rotatable bonds is 6. The van der Waals surface area contributed by atoms with Gasteiger partial charge in [-0.15, -0.1) is 0 Å². The van der Waals surface area contributed by atoms with Gasteiger partial charge in [0, 0.05) is 22.8 Å². The number of nitrogens with two attached hydrogens (primary N) is 1. The molecule has 0 fully saturated rings. The van der Waals surface area contributed by atoms with Gasteiger partial charge in [0.1, 0.15) is 0 Å². The van der Waals surface area contributed by atoms with Gasteiger partial charge in [-0.1, -0.05) is 29.8 Å². The topological polar surface area (TPSA) is 56.5 Å². The van der Waals surface area contributed by atoms with Crippen LogP contribution >= 0.6 is 11.6 Å². The van der Waals surface area contributed by atoms with E-state index in [-0.39, 0.29) is 6.04 Å². The zero-order chi connectivity index (χ0) is 15.2. The molecule has 0 amide bonds. The van der Waals surface area contributed by atoms with Gasteiger partial charge in [0.05, 0.1) is 20.3 Å². The Morgan fingerprint density at radius 2 is 1.90 bits per heavy atom. The van der Waals surface area contributed by atoms with Gasteiger partial charge < -0.3 is 20.5 Å². The van der Waals surface area contributed by atoms with Crippen LogP contribution in [-0.4, -0.2) is 20.8 Å². The molecule has 2 aromatic rings. The number of halogens is 1. The highest BCUT2D eigenvalue weighted by Crippen LogP contribution is 2.35. The second kappa shape index (κ2) is 7.20. The minimum atomic E-state index is -0.103. The lowest BCUT2D eigenvalue weighted by Crippen LogP contribution is -2.21. The van der Waals surface area contributed by atoms with Crippen LogP contribution in [0.2, 0.25) is 5.02 Å². The molecule has 0 saturated heterocycles. The third-order valence-electron chi connectivity index (χ3n) is 3.21. The lowest BCUT2D eigenvalue weighted by Gasteiger charge is -2.22. The Morgan fingerprint density at radius 1 is 1.14 bits per heavy atom. The maximum atomic E-state index is 6.01. The molecule has 3 N–H and O–H groups in total. The summed E-state index contributed by atoms with van der Waals surface area (Å²) in [5, 5.41) is 4.04.